The van der Waals surface area contributed by atoms with Gasteiger partial charge in [0.15, 0.2) is 0 Å². The van der Waals surface area contributed by atoms with Gasteiger partial charge >= 0.3 is 11.7 Å². The minimum Gasteiger partial charge on any atom is -0.496 e. The van der Waals surface area contributed by atoms with Crippen LogP contribution in [0.3, 0.4) is 0 Å². The largest absolute Gasteiger partial charge is 0.496 e. The van der Waals surface area contributed by atoms with Gasteiger partial charge in [-0.3, -0.25) is 14.9 Å². The molecule has 9 heteroatoms. The van der Waals surface area contributed by atoms with Gasteiger partial charge in [0.1, 0.15) is 11.5 Å². The molecule has 1 aliphatic rings. The van der Waals surface area contributed by atoms with Crippen molar-refractivity contribution in [2.45, 2.75) is 19.4 Å². The Morgan fingerprint density at radius 1 is 1.21 bits per heavy atom. The molecular weight excluding hydrogens is 366 g/mol. The smallest absolute Gasteiger partial charge is 0.360 e. The van der Waals surface area contributed by atoms with E-state index in [0.717, 1.165) is 11.6 Å². The zero-order valence-corrected chi connectivity index (χ0v) is 15.0. The first-order valence-corrected chi connectivity index (χ1v) is 8.44. The van der Waals surface area contributed by atoms with Crippen molar-refractivity contribution >= 4 is 23.3 Å². The summed E-state index contributed by atoms with van der Waals surface area (Å²) in [6.07, 6.45) is 0.207. The minimum atomic E-state index is -0.834. The molecule has 0 radical (unpaired) electrons. The van der Waals surface area contributed by atoms with Crippen LogP contribution in [0.4, 0.5) is 5.69 Å². The number of hydrogen-bond donors (Lipinski definition) is 0. The molecule has 1 heterocycles. The summed E-state index contributed by atoms with van der Waals surface area (Å²) in [5, 5.41) is 16.5. The van der Waals surface area contributed by atoms with E-state index in [0.29, 0.717) is 0 Å². The lowest BCUT2D eigenvalue weighted by Gasteiger charge is -2.22. The summed E-state index contributed by atoms with van der Waals surface area (Å²) < 4.78 is 10.1. The monoisotopic (exact) mass is 383 g/mol. The molecule has 144 valence electrons. The normalized spacial score (nSPS) is 13.7. The molecule has 2 aromatic carbocycles. The maximum Gasteiger partial charge on any atom is 0.360 e. The second-order valence-corrected chi connectivity index (χ2v) is 5.96. The zero-order valence-electron chi connectivity index (χ0n) is 15.0. The second kappa shape index (κ2) is 8.30. The lowest BCUT2D eigenvalue weighted by atomic mass is 10.1. The molecule has 0 aliphatic carbocycles. The third-order valence-electron chi connectivity index (χ3n) is 4.08. The van der Waals surface area contributed by atoms with Gasteiger partial charge in [-0.2, -0.15) is 5.10 Å². The summed E-state index contributed by atoms with van der Waals surface area (Å²) in [4.78, 5) is 35.1. The summed E-state index contributed by atoms with van der Waals surface area (Å²) in [5.74, 6) is -0.999. The summed E-state index contributed by atoms with van der Waals surface area (Å²) in [6.45, 7) is 0.221. The van der Waals surface area contributed by atoms with Gasteiger partial charge in [0.25, 0.3) is 0 Å². The third kappa shape index (κ3) is 4.32. The molecule has 3 rings (SSSR count). The molecule has 0 fully saturated rings. The number of methoxy groups -OCH3 is 1. The van der Waals surface area contributed by atoms with Crippen LogP contribution in [0.2, 0.25) is 0 Å². The van der Waals surface area contributed by atoms with E-state index in [4.69, 9.17) is 9.47 Å². The van der Waals surface area contributed by atoms with Gasteiger partial charge in [-0.15, -0.1) is 0 Å². The topological polar surface area (TPSA) is 111 Å². The Morgan fingerprint density at radius 3 is 2.64 bits per heavy atom. The fraction of sp³-hybridized carbons (Fsp3) is 0.211. The van der Waals surface area contributed by atoms with Crippen molar-refractivity contribution in [3.63, 3.8) is 0 Å². The molecule has 0 aromatic heterocycles. The predicted molar refractivity (Wildman–Crippen MR) is 98.9 cm³/mol. The van der Waals surface area contributed by atoms with E-state index in [1.165, 1.54) is 24.3 Å². The van der Waals surface area contributed by atoms with Crippen LogP contribution in [0, 0.1) is 10.1 Å². The fourth-order valence-electron chi connectivity index (χ4n) is 2.64. The Bertz CT molecular complexity index is 942. The Morgan fingerprint density at radius 2 is 1.96 bits per heavy atom. The molecule has 1 aliphatic heterocycles. The van der Waals surface area contributed by atoms with E-state index in [1.54, 1.807) is 0 Å². The number of ether oxygens (including phenoxy) is 2. The Kier molecular flexibility index (Phi) is 5.64. The quantitative estimate of drug-likeness (QED) is 0.328. The van der Waals surface area contributed by atoms with E-state index < -0.39 is 16.6 Å². The van der Waals surface area contributed by atoms with Crippen molar-refractivity contribution in [2.24, 2.45) is 5.10 Å². The molecule has 0 unspecified atom stereocenters. The van der Waals surface area contributed by atoms with Crippen molar-refractivity contribution in [2.75, 3.05) is 7.11 Å². The van der Waals surface area contributed by atoms with Crippen LogP contribution in [0.1, 0.15) is 18.4 Å². The third-order valence-corrected chi connectivity index (χ3v) is 4.08. The molecule has 0 saturated carbocycles. The molecule has 1 amide bonds. The molecule has 2 aromatic rings. The van der Waals surface area contributed by atoms with E-state index in [2.05, 4.69) is 5.10 Å². The standard InChI is InChI=1S/C19H17N3O6/c1-27-14-7-9-17(16(11-14)22(25)26)28-19(24)15-8-10-18(23)21(20-15)12-13-5-3-2-4-6-13/h2-7,9,11H,8,10,12H2,1H3. The molecule has 28 heavy (non-hydrogen) atoms. The Balaban J connectivity index is 1.79. The first-order chi connectivity index (χ1) is 13.5. The number of hydrogen-bond acceptors (Lipinski definition) is 7. The molecule has 0 N–H and O–H groups in total. The SMILES string of the molecule is COc1ccc(OC(=O)C2=NN(Cc3ccccc3)C(=O)CC2)c([N+](=O)[O-])c1. The summed E-state index contributed by atoms with van der Waals surface area (Å²) in [5.41, 5.74) is 0.488. The predicted octanol–water partition coefficient (Wildman–Crippen LogP) is 2.69. The van der Waals surface area contributed by atoms with Crippen molar-refractivity contribution in [1.29, 1.82) is 0 Å². The van der Waals surface area contributed by atoms with Crippen LogP contribution in [0.5, 0.6) is 11.5 Å². The lowest BCUT2D eigenvalue weighted by molar-refractivity contribution is -0.385. The number of carbonyl (C=O) groups excluding carboxylic acids is 2. The number of hydrazone groups is 1. The summed E-state index contributed by atoms with van der Waals surface area (Å²) in [7, 11) is 1.37. The fourth-order valence-corrected chi connectivity index (χ4v) is 2.64. The van der Waals surface area contributed by atoms with Crippen molar-refractivity contribution in [3.8, 4) is 11.5 Å². The highest BCUT2D eigenvalue weighted by Gasteiger charge is 2.28. The number of benzene rings is 2. The molecule has 9 nitrogen and oxygen atoms in total. The van der Waals surface area contributed by atoms with E-state index in [9.17, 15) is 19.7 Å². The van der Waals surface area contributed by atoms with Crippen molar-refractivity contribution < 1.29 is 24.0 Å². The van der Waals surface area contributed by atoms with Gasteiger partial charge in [0.05, 0.1) is 24.6 Å². The van der Waals surface area contributed by atoms with Crippen LogP contribution >= 0.6 is 0 Å². The number of amides is 1. The minimum absolute atomic E-state index is 0.0284. The van der Waals surface area contributed by atoms with Gasteiger partial charge < -0.3 is 9.47 Å². The van der Waals surface area contributed by atoms with Crippen LogP contribution in [-0.4, -0.2) is 34.6 Å². The Labute approximate surface area is 160 Å². The van der Waals surface area contributed by atoms with Gasteiger partial charge in [-0.05, 0) is 17.7 Å². The molecule has 0 atom stereocenters. The van der Waals surface area contributed by atoms with Gasteiger partial charge in [0, 0.05) is 12.8 Å². The molecular formula is C19H17N3O6. The first-order valence-electron chi connectivity index (χ1n) is 8.44. The van der Waals surface area contributed by atoms with Crippen molar-refractivity contribution in [3.05, 3.63) is 64.2 Å². The maximum absolute atomic E-state index is 12.5. The van der Waals surface area contributed by atoms with Gasteiger partial charge in [-0.1, -0.05) is 30.3 Å². The molecule has 0 saturated heterocycles. The molecule has 0 bridgehead atoms. The Hall–Kier alpha value is -3.75. The van der Waals surface area contributed by atoms with Crippen molar-refractivity contribution in [1.82, 2.24) is 5.01 Å². The highest BCUT2D eigenvalue weighted by molar-refractivity contribution is 6.37. The van der Waals surface area contributed by atoms with E-state index in [-0.39, 0.29) is 42.5 Å². The average molecular weight is 383 g/mol. The summed E-state index contributed by atoms with van der Waals surface area (Å²) in [6, 6.07) is 13.1. The number of nitro benzene ring substituents is 1. The average Bonchev–Trinajstić information content (AvgIpc) is 2.70. The van der Waals surface area contributed by atoms with Crippen LogP contribution in [0.25, 0.3) is 0 Å². The van der Waals surface area contributed by atoms with Gasteiger partial charge in [0.2, 0.25) is 11.7 Å². The first kappa shape index (κ1) is 19.0. The van der Waals surface area contributed by atoms with Crippen LogP contribution in [-0.2, 0) is 16.1 Å². The van der Waals surface area contributed by atoms with Crippen LogP contribution in [0.15, 0.2) is 53.6 Å². The van der Waals surface area contributed by atoms with E-state index in [1.807, 2.05) is 30.3 Å². The van der Waals surface area contributed by atoms with Gasteiger partial charge in [-0.25, -0.2) is 9.80 Å². The number of rotatable bonds is 6. The second-order valence-electron chi connectivity index (χ2n) is 5.96. The number of nitrogens with zero attached hydrogens (tertiary/aromatic N) is 3. The highest BCUT2D eigenvalue weighted by atomic mass is 16.6. The molecule has 0 spiro atoms. The zero-order chi connectivity index (χ0) is 20.1. The lowest BCUT2D eigenvalue weighted by Crippen LogP contribution is -2.35. The number of carbonyl (C=O) groups is 2. The van der Waals surface area contributed by atoms with E-state index >= 15 is 0 Å². The maximum atomic E-state index is 12.5. The summed E-state index contributed by atoms with van der Waals surface area (Å²) >= 11 is 0. The van der Waals surface area contributed by atoms with Crippen LogP contribution < -0.4 is 9.47 Å². The highest BCUT2D eigenvalue weighted by Crippen LogP contribution is 2.31. The number of esters is 1. The number of nitro groups is 1.